The number of nitrogens with one attached hydrogen (secondary N) is 1. The molecule has 1 N–H and O–H groups in total. The molecule has 0 aromatic carbocycles. The van der Waals surface area contributed by atoms with Crippen LogP contribution in [0.3, 0.4) is 0 Å². The van der Waals surface area contributed by atoms with E-state index in [9.17, 15) is 0 Å². The van der Waals surface area contributed by atoms with Gasteiger partial charge in [0.25, 0.3) is 0 Å². The smallest absolute Gasteiger partial charge is 0.0538 e. The first-order valence-corrected chi connectivity index (χ1v) is 6.87. The Morgan fingerprint density at radius 3 is 1.86 bits per heavy atom. The first kappa shape index (κ1) is 13.3. The number of rotatable bonds is 3. The summed E-state index contributed by atoms with van der Waals surface area (Å²) in [5.41, 5.74) is 7.89. The van der Waals surface area contributed by atoms with E-state index in [2.05, 4.69) is 28.5 Å². The highest BCUT2D eigenvalue weighted by molar-refractivity contribution is 5.85. The molecule has 0 aliphatic carbocycles. The number of H-pyrrole nitrogens is 1. The van der Waals surface area contributed by atoms with Gasteiger partial charge in [0.2, 0.25) is 0 Å². The van der Waals surface area contributed by atoms with Crippen LogP contribution in [0.5, 0.6) is 0 Å². The standard InChI is InChI=1S/C18H17N3/c1-12(2)16-13(3)17(14-4-8-19-9-5-14)21-18(16)15-6-10-20-11-7-15/h4-11,21H,1H2,2-3H3. The van der Waals surface area contributed by atoms with E-state index in [1.54, 1.807) is 12.4 Å². The predicted molar refractivity (Wildman–Crippen MR) is 86.7 cm³/mol. The molecule has 3 aromatic heterocycles. The Hall–Kier alpha value is -2.68. The predicted octanol–water partition coefficient (Wildman–Crippen LogP) is 4.48. The van der Waals surface area contributed by atoms with Gasteiger partial charge in [-0.3, -0.25) is 9.97 Å². The maximum absolute atomic E-state index is 4.13. The van der Waals surface area contributed by atoms with Crippen molar-refractivity contribution in [3.63, 3.8) is 0 Å². The summed E-state index contributed by atoms with van der Waals surface area (Å²) in [4.78, 5) is 11.7. The SMILES string of the molecule is C=C(C)c1c(-c2ccncc2)[nH]c(-c2ccncc2)c1C. The molecule has 0 unspecified atom stereocenters. The van der Waals surface area contributed by atoms with E-state index in [0.717, 1.165) is 28.1 Å². The van der Waals surface area contributed by atoms with Gasteiger partial charge in [0.1, 0.15) is 0 Å². The van der Waals surface area contributed by atoms with Crippen molar-refractivity contribution in [2.45, 2.75) is 13.8 Å². The molecule has 0 fully saturated rings. The number of aromatic nitrogens is 3. The van der Waals surface area contributed by atoms with Crippen LogP contribution in [-0.4, -0.2) is 15.0 Å². The fourth-order valence-corrected chi connectivity index (χ4v) is 2.67. The van der Waals surface area contributed by atoms with E-state index < -0.39 is 0 Å². The summed E-state index contributed by atoms with van der Waals surface area (Å²) >= 11 is 0. The van der Waals surface area contributed by atoms with E-state index in [1.807, 2.05) is 43.6 Å². The average molecular weight is 275 g/mol. The Morgan fingerprint density at radius 2 is 1.38 bits per heavy atom. The zero-order valence-corrected chi connectivity index (χ0v) is 12.2. The van der Waals surface area contributed by atoms with E-state index in [4.69, 9.17) is 0 Å². The number of aromatic amines is 1. The van der Waals surface area contributed by atoms with Crippen molar-refractivity contribution >= 4 is 5.57 Å². The number of hydrogen-bond acceptors (Lipinski definition) is 2. The van der Waals surface area contributed by atoms with Crippen LogP contribution in [-0.2, 0) is 0 Å². The third kappa shape index (κ3) is 2.38. The lowest BCUT2D eigenvalue weighted by atomic mass is 9.99. The van der Waals surface area contributed by atoms with Crippen LogP contribution >= 0.6 is 0 Å². The number of nitrogens with zero attached hydrogens (tertiary/aromatic N) is 2. The molecule has 0 aliphatic heterocycles. The highest BCUT2D eigenvalue weighted by Crippen LogP contribution is 2.36. The van der Waals surface area contributed by atoms with E-state index in [0.29, 0.717) is 0 Å². The molecule has 3 heteroatoms. The van der Waals surface area contributed by atoms with Gasteiger partial charge in [-0.05, 0) is 49.2 Å². The molecule has 3 aromatic rings. The molecule has 0 bridgehead atoms. The van der Waals surface area contributed by atoms with E-state index in [-0.39, 0.29) is 0 Å². The van der Waals surface area contributed by atoms with Gasteiger partial charge in [-0.2, -0.15) is 0 Å². The third-order valence-corrected chi connectivity index (χ3v) is 3.61. The molecule has 0 saturated carbocycles. The monoisotopic (exact) mass is 275 g/mol. The Bertz CT molecular complexity index is 771. The summed E-state index contributed by atoms with van der Waals surface area (Å²) < 4.78 is 0. The molecule has 0 atom stereocenters. The van der Waals surface area contributed by atoms with Crippen LogP contribution in [0.15, 0.2) is 55.6 Å². The highest BCUT2D eigenvalue weighted by Gasteiger charge is 2.16. The van der Waals surface area contributed by atoms with Gasteiger partial charge < -0.3 is 4.98 Å². The molecule has 3 heterocycles. The third-order valence-electron chi connectivity index (χ3n) is 3.61. The van der Waals surface area contributed by atoms with Crippen LogP contribution in [0, 0.1) is 6.92 Å². The Morgan fingerprint density at radius 1 is 0.905 bits per heavy atom. The lowest BCUT2D eigenvalue weighted by Crippen LogP contribution is -1.85. The topological polar surface area (TPSA) is 41.6 Å². The number of allylic oxidation sites excluding steroid dienone is 1. The van der Waals surface area contributed by atoms with Gasteiger partial charge in [0.15, 0.2) is 0 Å². The fourth-order valence-electron chi connectivity index (χ4n) is 2.67. The largest absolute Gasteiger partial charge is 0.354 e. The van der Waals surface area contributed by atoms with Crippen molar-refractivity contribution < 1.29 is 0 Å². The number of hydrogen-bond donors (Lipinski definition) is 1. The molecule has 3 nitrogen and oxygen atoms in total. The van der Waals surface area contributed by atoms with Crippen LogP contribution in [0.1, 0.15) is 18.1 Å². The van der Waals surface area contributed by atoms with Crippen LogP contribution < -0.4 is 0 Å². The molecule has 104 valence electrons. The Kier molecular flexibility index (Phi) is 3.40. The van der Waals surface area contributed by atoms with Gasteiger partial charge in [-0.1, -0.05) is 6.58 Å². The Balaban J connectivity index is 2.24. The van der Waals surface area contributed by atoms with Crippen molar-refractivity contribution in [1.29, 1.82) is 0 Å². The number of pyridine rings is 2. The first-order chi connectivity index (χ1) is 10.2. The average Bonchev–Trinajstić information content (AvgIpc) is 2.87. The quantitative estimate of drug-likeness (QED) is 0.765. The van der Waals surface area contributed by atoms with Crippen LogP contribution in [0.4, 0.5) is 0 Å². The van der Waals surface area contributed by atoms with Gasteiger partial charge >= 0.3 is 0 Å². The summed E-state index contributed by atoms with van der Waals surface area (Å²) in [6, 6.07) is 8.04. The second-order valence-electron chi connectivity index (χ2n) is 5.13. The van der Waals surface area contributed by atoms with Gasteiger partial charge in [0, 0.05) is 47.2 Å². The zero-order chi connectivity index (χ0) is 14.8. The minimum absolute atomic E-state index is 1.05. The Labute approximate surface area is 124 Å². The van der Waals surface area contributed by atoms with E-state index in [1.165, 1.54) is 11.1 Å². The molecule has 21 heavy (non-hydrogen) atoms. The van der Waals surface area contributed by atoms with Gasteiger partial charge in [0.05, 0.1) is 5.69 Å². The summed E-state index contributed by atoms with van der Waals surface area (Å²) in [5, 5.41) is 0. The maximum Gasteiger partial charge on any atom is 0.0538 e. The molecule has 0 aliphatic rings. The second-order valence-corrected chi connectivity index (χ2v) is 5.13. The van der Waals surface area contributed by atoms with Crippen molar-refractivity contribution in [2.24, 2.45) is 0 Å². The van der Waals surface area contributed by atoms with Crippen molar-refractivity contribution in [3.05, 3.63) is 66.8 Å². The molecule has 0 saturated heterocycles. The summed E-state index contributed by atoms with van der Waals surface area (Å²) in [7, 11) is 0. The highest BCUT2D eigenvalue weighted by atomic mass is 14.8. The van der Waals surface area contributed by atoms with Crippen molar-refractivity contribution in [1.82, 2.24) is 15.0 Å². The molecule has 3 rings (SSSR count). The van der Waals surface area contributed by atoms with E-state index >= 15 is 0 Å². The molecular weight excluding hydrogens is 258 g/mol. The first-order valence-electron chi connectivity index (χ1n) is 6.87. The zero-order valence-electron chi connectivity index (χ0n) is 12.2. The van der Waals surface area contributed by atoms with Crippen molar-refractivity contribution in [3.8, 4) is 22.5 Å². The van der Waals surface area contributed by atoms with Crippen molar-refractivity contribution in [2.75, 3.05) is 0 Å². The minimum Gasteiger partial charge on any atom is -0.354 e. The van der Waals surface area contributed by atoms with Crippen LogP contribution in [0.25, 0.3) is 28.1 Å². The summed E-state index contributed by atoms with van der Waals surface area (Å²) in [5.74, 6) is 0. The minimum atomic E-state index is 1.05. The van der Waals surface area contributed by atoms with Crippen LogP contribution in [0.2, 0.25) is 0 Å². The molecular formula is C18H17N3. The summed E-state index contributed by atoms with van der Waals surface area (Å²) in [6.07, 6.45) is 7.23. The second kappa shape index (κ2) is 5.37. The molecule has 0 amide bonds. The maximum atomic E-state index is 4.13. The molecule has 0 radical (unpaired) electrons. The van der Waals surface area contributed by atoms with Gasteiger partial charge in [-0.25, -0.2) is 0 Å². The fraction of sp³-hybridized carbons (Fsp3) is 0.111. The lowest BCUT2D eigenvalue weighted by molar-refractivity contribution is 1.29. The normalized spacial score (nSPS) is 10.6. The lowest BCUT2D eigenvalue weighted by Gasteiger charge is -2.04. The summed E-state index contributed by atoms with van der Waals surface area (Å²) in [6.45, 7) is 8.30. The van der Waals surface area contributed by atoms with Gasteiger partial charge in [-0.15, -0.1) is 0 Å². The molecule has 0 spiro atoms.